The summed E-state index contributed by atoms with van der Waals surface area (Å²) >= 11 is 0. The summed E-state index contributed by atoms with van der Waals surface area (Å²) in [6, 6.07) is 12.5. The van der Waals surface area contributed by atoms with Crippen molar-refractivity contribution >= 4 is 11.5 Å². The van der Waals surface area contributed by atoms with Crippen molar-refractivity contribution in [2.75, 3.05) is 5.32 Å². The molecule has 0 aliphatic heterocycles. The molecule has 82 valence electrons. The highest BCUT2D eigenvalue weighted by molar-refractivity contribution is 5.56. The molecule has 0 spiro atoms. The average molecular weight is 212 g/mol. The molecule has 0 saturated heterocycles. The summed E-state index contributed by atoms with van der Waals surface area (Å²) in [6.45, 7) is 4.22. The Kier molecular flexibility index (Phi) is 3.20. The first-order chi connectivity index (χ1) is 7.78. The average Bonchev–Trinajstić information content (AvgIpc) is 2.30. The van der Waals surface area contributed by atoms with Crippen LogP contribution in [0.4, 0.5) is 11.5 Å². The van der Waals surface area contributed by atoms with Crippen molar-refractivity contribution in [3.63, 3.8) is 0 Å². The highest BCUT2D eigenvalue weighted by Crippen LogP contribution is 2.15. The predicted molar refractivity (Wildman–Crippen MR) is 68.1 cm³/mol. The zero-order chi connectivity index (χ0) is 11.4. The van der Waals surface area contributed by atoms with Gasteiger partial charge in [0.1, 0.15) is 5.82 Å². The first-order valence-corrected chi connectivity index (χ1v) is 5.56. The monoisotopic (exact) mass is 212 g/mol. The first-order valence-electron chi connectivity index (χ1n) is 5.56. The fourth-order valence-corrected chi connectivity index (χ4v) is 1.58. The molecule has 0 atom stereocenters. The van der Waals surface area contributed by atoms with Crippen LogP contribution in [0.5, 0.6) is 0 Å². The first kappa shape index (κ1) is 10.7. The van der Waals surface area contributed by atoms with E-state index in [0.29, 0.717) is 0 Å². The van der Waals surface area contributed by atoms with Gasteiger partial charge in [0, 0.05) is 11.9 Å². The molecule has 0 fully saturated rings. The van der Waals surface area contributed by atoms with Crippen molar-refractivity contribution in [3.05, 3.63) is 53.7 Å². The van der Waals surface area contributed by atoms with Crippen LogP contribution in [0.1, 0.15) is 18.1 Å². The van der Waals surface area contributed by atoms with Crippen LogP contribution in [-0.2, 0) is 6.42 Å². The Labute approximate surface area is 96.4 Å². The maximum Gasteiger partial charge on any atom is 0.130 e. The van der Waals surface area contributed by atoms with Crippen LogP contribution in [0.15, 0.2) is 42.6 Å². The van der Waals surface area contributed by atoms with Crippen LogP contribution >= 0.6 is 0 Å². The number of nitrogens with one attached hydrogen (secondary N) is 1. The number of nitrogens with zero attached hydrogens (tertiary/aromatic N) is 1. The minimum atomic E-state index is 0.893. The summed E-state index contributed by atoms with van der Waals surface area (Å²) < 4.78 is 0. The van der Waals surface area contributed by atoms with E-state index in [-0.39, 0.29) is 0 Å². The summed E-state index contributed by atoms with van der Waals surface area (Å²) in [4.78, 5) is 4.27. The fraction of sp³-hybridized carbons (Fsp3) is 0.214. The summed E-state index contributed by atoms with van der Waals surface area (Å²) in [7, 11) is 0. The van der Waals surface area contributed by atoms with Crippen LogP contribution in [0.2, 0.25) is 0 Å². The third-order valence-corrected chi connectivity index (χ3v) is 2.55. The van der Waals surface area contributed by atoms with Gasteiger partial charge >= 0.3 is 0 Å². The lowest BCUT2D eigenvalue weighted by Gasteiger charge is -2.06. The van der Waals surface area contributed by atoms with Crippen molar-refractivity contribution in [1.29, 1.82) is 0 Å². The van der Waals surface area contributed by atoms with Gasteiger partial charge in [0.2, 0.25) is 0 Å². The van der Waals surface area contributed by atoms with Gasteiger partial charge in [-0.15, -0.1) is 0 Å². The van der Waals surface area contributed by atoms with Crippen LogP contribution in [0, 0.1) is 6.92 Å². The van der Waals surface area contributed by atoms with Crippen LogP contribution in [0.3, 0.4) is 0 Å². The number of anilines is 2. The SMILES string of the molecule is CCc1ccc(Nc2cc(C)ccn2)cc1. The number of aryl methyl sites for hydroxylation is 2. The molecule has 2 nitrogen and oxygen atoms in total. The van der Waals surface area contributed by atoms with E-state index in [2.05, 4.69) is 48.4 Å². The molecule has 2 heteroatoms. The van der Waals surface area contributed by atoms with Crippen molar-refractivity contribution < 1.29 is 0 Å². The van der Waals surface area contributed by atoms with E-state index in [0.717, 1.165) is 17.9 Å². The second kappa shape index (κ2) is 4.79. The van der Waals surface area contributed by atoms with E-state index >= 15 is 0 Å². The van der Waals surface area contributed by atoms with Crippen LogP contribution < -0.4 is 5.32 Å². The number of pyridine rings is 1. The Hall–Kier alpha value is -1.83. The van der Waals surface area contributed by atoms with Crippen molar-refractivity contribution in [3.8, 4) is 0 Å². The third-order valence-electron chi connectivity index (χ3n) is 2.55. The van der Waals surface area contributed by atoms with Crippen molar-refractivity contribution in [1.82, 2.24) is 4.98 Å². The Morgan fingerprint density at radius 2 is 1.88 bits per heavy atom. The zero-order valence-electron chi connectivity index (χ0n) is 9.70. The maximum atomic E-state index is 4.27. The number of benzene rings is 1. The van der Waals surface area contributed by atoms with Crippen molar-refractivity contribution in [2.24, 2.45) is 0 Å². The van der Waals surface area contributed by atoms with E-state index < -0.39 is 0 Å². The molecule has 0 bridgehead atoms. The molecule has 1 N–H and O–H groups in total. The van der Waals surface area contributed by atoms with Gasteiger partial charge in [-0.1, -0.05) is 19.1 Å². The molecule has 0 aliphatic carbocycles. The zero-order valence-corrected chi connectivity index (χ0v) is 9.70. The molecule has 1 heterocycles. The number of aromatic nitrogens is 1. The minimum Gasteiger partial charge on any atom is -0.340 e. The molecule has 0 radical (unpaired) electrons. The van der Waals surface area contributed by atoms with Gasteiger partial charge in [-0.05, 0) is 48.7 Å². The van der Waals surface area contributed by atoms with Gasteiger partial charge in [-0.2, -0.15) is 0 Å². The third kappa shape index (κ3) is 2.60. The number of hydrogen-bond donors (Lipinski definition) is 1. The number of rotatable bonds is 3. The Morgan fingerprint density at radius 1 is 1.12 bits per heavy atom. The summed E-state index contributed by atoms with van der Waals surface area (Å²) in [6.07, 6.45) is 2.89. The van der Waals surface area contributed by atoms with Crippen LogP contribution in [-0.4, -0.2) is 4.98 Å². The van der Waals surface area contributed by atoms with Gasteiger partial charge in [-0.3, -0.25) is 0 Å². The second-order valence-corrected chi connectivity index (χ2v) is 3.89. The van der Waals surface area contributed by atoms with Gasteiger partial charge in [0.05, 0.1) is 0 Å². The van der Waals surface area contributed by atoms with Gasteiger partial charge in [0.25, 0.3) is 0 Å². The summed E-state index contributed by atoms with van der Waals surface area (Å²) in [5.41, 5.74) is 3.64. The standard InChI is InChI=1S/C14H16N2/c1-3-12-4-6-13(7-5-12)16-14-10-11(2)8-9-15-14/h4-10H,3H2,1-2H3,(H,15,16). The van der Waals surface area contributed by atoms with Crippen LogP contribution in [0.25, 0.3) is 0 Å². The smallest absolute Gasteiger partial charge is 0.130 e. The minimum absolute atomic E-state index is 0.893. The fourth-order valence-electron chi connectivity index (χ4n) is 1.58. The maximum absolute atomic E-state index is 4.27. The van der Waals surface area contributed by atoms with E-state index in [1.165, 1.54) is 11.1 Å². The topological polar surface area (TPSA) is 24.9 Å². The molecule has 0 saturated carbocycles. The van der Waals surface area contributed by atoms with E-state index in [4.69, 9.17) is 0 Å². The molecule has 0 amide bonds. The molecule has 1 aromatic heterocycles. The summed E-state index contributed by atoms with van der Waals surface area (Å²) in [5, 5.41) is 3.28. The molecule has 2 rings (SSSR count). The van der Waals surface area contributed by atoms with E-state index in [1.807, 2.05) is 18.3 Å². The van der Waals surface area contributed by atoms with Gasteiger partial charge in [0.15, 0.2) is 0 Å². The quantitative estimate of drug-likeness (QED) is 0.839. The lowest BCUT2D eigenvalue weighted by Crippen LogP contribution is -1.93. The highest BCUT2D eigenvalue weighted by Gasteiger charge is 1.96. The lowest BCUT2D eigenvalue weighted by molar-refractivity contribution is 1.14. The van der Waals surface area contributed by atoms with Gasteiger partial charge in [-0.25, -0.2) is 4.98 Å². The van der Waals surface area contributed by atoms with E-state index in [9.17, 15) is 0 Å². The molecular formula is C14H16N2. The predicted octanol–water partition coefficient (Wildman–Crippen LogP) is 3.70. The highest BCUT2D eigenvalue weighted by atomic mass is 15.0. The second-order valence-electron chi connectivity index (χ2n) is 3.89. The van der Waals surface area contributed by atoms with Gasteiger partial charge < -0.3 is 5.32 Å². The summed E-state index contributed by atoms with van der Waals surface area (Å²) in [5.74, 6) is 0.893. The molecule has 0 aliphatic rings. The molecule has 16 heavy (non-hydrogen) atoms. The normalized spacial score (nSPS) is 10.1. The van der Waals surface area contributed by atoms with E-state index in [1.54, 1.807) is 0 Å². The Balaban J connectivity index is 2.14. The molecule has 2 aromatic rings. The molecule has 0 unspecified atom stereocenters. The molecule has 1 aromatic carbocycles. The van der Waals surface area contributed by atoms with Crippen molar-refractivity contribution in [2.45, 2.75) is 20.3 Å². The largest absolute Gasteiger partial charge is 0.340 e. The molecular weight excluding hydrogens is 196 g/mol. The Morgan fingerprint density at radius 3 is 2.50 bits per heavy atom. The number of hydrogen-bond acceptors (Lipinski definition) is 2. The lowest BCUT2D eigenvalue weighted by atomic mass is 10.1. The Bertz CT molecular complexity index is 460.